The van der Waals surface area contributed by atoms with Crippen LogP contribution < -0.4 is 5.32 Å². The highest BCUT2D eigenvalue weighted by atomic mass is 19.4. The highest BCUT2D eigenvalue weighted by Crippen LogP contribution is 2.18. The Bertz CT molecular complexity index is 546. The molecule has 116 valence electrons. The molecule has 0 saturated heterocycles. The van der Waals surface area contributed by atoms with E-state index in [0.717, 1.165) is 0 Å². The molecule has 2 amide bonds. The second kappa shape index (κ2) is 6.42. The molecule has 0 radical (unpaired) electrons. The molecule has 0 unspecified atom stereocenters. The number of anilines is 1. The maximum atomic E-state index is 12.4. The van der Waals surface area contributed by atoms with Gasteiger partial charge in [-0.15, -0.1) is 0 Å². The Balaban J connectivity index is 2.87. The largest absolute Gasteiger partial charge is 0.480 e. The molecule has 0 atom stereocenters. The summed E-state index contributed by atoms with van der Waals surface area (Å²) in [5, 5.41) is 10.8. The second-order valence-corrected chi connectivity index (χ2v) is 4.38. The number of carbonyl (C=O) groups excluding carboxylic acids is 1. The quantitative estimate of drug-likeness (QED) is 0.893. The molecule has 9 heteroatoms. The van der Waals surface area contributed by atoms with Gasteiger partial charge in [-0.05, 0) is 26.0 Å². The summed E-state index contributed by atoms with van der Waals surface area (Å²) in [6, 6.07) is 1.92. The number of hydrogen-bond donors (Lipinski definition) is 2. The fourth-order valence-corrected chi connectivity index (χ4v) is 1.59. The maximum absolute atomic E-state index is 12.4. The van der Waals surface area contributed by atoms with E-state index in [-0.39, 0.29) is 10.6 Å². The van der Waals surface area contributed by atoms with Crippen molar-refractivity contribution in [3.63, 3.8) is 0 Å². The van der Waals surface area contributed by atoms with Crippen LogP contribution in [0.4, 0.5) is 23.7 Å². The average Bonchev–Trinajstić information content (AvgIpc) is 2.29. The van der Waals surface area contributed by atoms with E-state index in [4.69, 9.17) is 5.11 Å². The second-order valence-electron chi connectivity index (χ2n) is 4.38. The zero-order chi connectivity index (χ0) is 16.2. The van der Waals surface area contributed by atoms with E-state index in [1.807, 2.05) is 0 Å². The van der Waals surface area contributed by atoms with Gasteiger partial charge < -0.3 is 15.3 Å². The van der Waals surface area contributed by atoms with Crippen molar-refractivity contribution >= 4 is 17.7 Å². The molecule has 0 fully saturated rings. The topological polar surface area (TPSA) is 82.5 Å². The minimum absolute atomic E-state index is 0.168. The monoisotopic (exact) mass is 305 g/mol. The lowest BCUT2D eigenvalue weighted by molar-refractivity contribution is -0.148. The fraction of sp³-hybridized carbons (Fsp3) is 0.417. The van der Waals surface area contributed by atoms with Gasteiger partial charge >= 0.3 is 18.2 Å². The number of alkyl halides is 3. The number of carbonyl (C=O) groups is 2. The number of carboxylic acid groups (broad SMARTS) is 1. The van der Waals surface area contributed by atoms with E-state index in [0.29, 0.717) is 11.4 Å². The van der Waals surface area contributed by atoms with Crippen LogP contribution in [0.15, 0.2) is 12.1 Å². The smallest absolute Gasteiger partial charge is 0.406 e. The summed E-state index contributed by atoms with van der Waals surface area (Å²) >= 11 is 0. The van der Waals surface area contributed by atoms with Gasteiger partial charge in [0, 0.05) is 5.69 Å². The molecule has 0 aliphatic heterocycles. The summed E-state index contributed by atoms with van der Waals surface area (Å²) in [6.07, 6.45) is -4.69. The Morgan fingerprint density at radius 1 is 1.33 bits per heavy atom. The van der Waals surface area contributed by atoms with Crippen molar-refractivity contribution < 1.29 is 27.9 Å². The zero-order valence-corrected chi connectivity index (χ0v) is 11.4. The summed E-state index contributed by atoms with van der Waals surface area (Å²) in [7, 11) is 0. The molecule has 0 aliphatic rings. The van der Waals surface area contributed by atoms with Crippen molar-refractivity contribution in [3.8, 4) is 0 Å². The van der Waals surface area contributed by atoms with Crippen molar-refractivity contribution in [3.05, 3.63) is 23.5 Å². The lowest BCUT2D eigenvalue weighted by Crippen LogP contribution is -2.44. The highest BCUT2D eigenvalue weighted by Gasteiger charge is 2.34. The number of nitrogens with one attached hydrogen (secondary N) is 1. The van der Waals surface area contributed by atoms with Gasteiger partial charge in [-0.3, -0.25) is 9.78 Å². The Hall–Kier alpha value is -2.32. The molecule has 1 rings (SSSR count). The first-order valence-corrected chi connectivity index (χ1v) is 5.87. The minimum Gasteiger partial charge on any atom is -0.480 e. The van der Waals surface area contributed by atoms with Crippen LogP contribution in [0.25, 0.3) is 0 Å². The number of aromatic nitrogens is 1. The molecule has 1 aromatic heterocycles. The van der Waals surface area contributed by atoms with Gasteiger partial charge in [0.05, 0.1) is 11.4 Å². The van der Waals surface area contributed by atoms with Crippen LogP contribution in [-0.4, -0.2) is 46.3 Å². The van der Waals surface area contributed by atoms with Gasteiger partial charge in [0.15, 0.2) is 0 Å². The third-order valence-corrected chi connectivity index (χ3v) is 2.45. The molecule has 2 N–H and O–H groups in total. The SMILES string of the molecule is Cc1ccc(NC(=O)N(CC(=O)O)CC(F)(F)F)c(C)n1. The van der Waals surface area contributed by atoms with Gasteiger partial charge in [0.2, 0.25) is 0 Å². The summed E-state index contributed by atoms with van der Waals surface area (Å²) in [6.45, 7) is 0.597. The van der Waals surface area contributed by atoms with E-state index >= 15 is 0 Å². The highest BCUT2D eigenvalue weighted by molar-refractivity contribution is 5.91. The lowest BCUT2D eigenvalue weighted by Gasteiger charge is -2.22. The molecule has 0 aromatic carbocycles. The number of halogens is 3. The molecule has 0 saturated carbocycles. The Labute approximate surface area is 118 Å². The van der Waals surface area contributed by atoms with Gasteiger partial charge in [-0.2, -0.15) is 13.2 Å². The molecule has 21 heavy (non-hydrogen) atoms. The van der Waals surface area contributed by atoms with E-state index in [1.165, 1.54) is 6.07 Å². The number of nitrogens with zero attached hydrogens (tertiary/aromatic N) is 2. The van der Waals surface area contributed by atoms with Crippen LogP contribution in [-0.2, 0) is 4.79 Å². The van der Waals surface area contributed by atoms with Crippen molar-refractivity contribution in [2.24, 2.45) is 0 Å². The minimum atomic E-state index is -4.69. The van der Waals surface area contributed by atoms with Gasteiger partial charge in [0.25, 0.3) is 0 Å². The lowest BCUT2D eigenvalue weighted by atomic mass is 10.3. The average molecular weight is 305 g/mol. The Morgan fingerprint density at radius 3 is 2.43 bits per heavy atom. The van der Waals surface area contributed by atoms with Crippen molar-refractivity contribution in [1.29, 1.82) is 0 Å². The normalized spacial score (nSPS) is 11.1. The number of urea groups is 1. The van der Waals surface area contributed by atoms with Crippen LogP contribution in [0.5, 0.6) is 0 Å². The first-order valence-electron chi connectivity index (χ1n) is 5.87. The zero-order valence-electron chi connectivity index (χ0n) is 11.4. The number of amides is 2. The molecule has 6 nitrogen and oxygen atoms in total. The van der Waals surface area contributed by atoms with Crippen LogP contribution >= 0.6 is 0 Å². The molecule has 0 bridgehead atoms. The molecule has 0 aliphatic carbocycles. The molecular weight excluding hydrogens is 291 g/mol. The summed E-state index contributed by atoms with van der Waals surface area (Å²) in [5.41, 5.74) is 1.33. The summed E-state index contributed by atoms with van der Waals surface area (Å²) < 4.78 is 37.1. The molecular formula is C12H14F3N3O3. The number of pyridine rings is 1. The number of carboxylic acids is 1. The van der Waals surface area contributed by atoms with Gasteiger partial charge in [-0.25, -0.2) is 4.79 Å². The third kappa shape index (κ3) is 5.67. The van der Waals surface area contributed by atoms with E-state index in [9.17, 15) is 22.8 Å². The first kappa shape index (κ1) is 16.7. The van der Waals surface area contributed by atoms with Crippen molar-refractivity contribution in [2.45, 2.75) is 20.0 Å². The predicted molar refractivity (Wildman–Crippen MR) is 68.0 cm³/mol. The van der Waals surface area contributed by atoms with Gasteiger partial charge in [-0.1, -0.05) is 0 Å². The van der Waals surface area contributed by atoms with Gasteiger partial charge in [0.1, 0.15) is 13.1 Å². The summed E-state index contributed by atoms with van der Waals surface area (Å²) in [4.78, 5) is 26.6. The number of rotatable bonds is 4. The Morgan fingerprint density at radius 2 is 1.95 bits per heavy atom. The summed E-state index contributed by atoms with van der Waals surface area (Å²) in [5.74, 6) is -1.53. The molecule has 1 heterocycles. The van der Waals surface area contributed by atoms with Crippen LogP contribution in [0.1, 0.15) is 11.4 Å². The van der Waals surface area contributed by atoms with Crippen LogP contribution in [0.2, 0.25) is 0 Å². The van der Waals surface area contributed by atoms with E-state index in [1.54, 1.807) is 19.9 Å². The van der Waals surface area contributed by atoms with Crippen molar-refractivity contribution in [2.75, 3.05) is 18.4 Å². The van der Waals surface area contributed by atoms with E-state index < -0.39 is 31.3 Å². The maximum Gasteiger partial charge on any atom is 0.406 e. The molecule has 1 aromatic rings. The standard InChI is InChI=1S/C12H14F3N3O3/c1-7-3-4-9(8(2)16-7)17-11(21)18(5-10(19)20)6-12(13,14)15/h3-4H,5-6H2,1-2H3,(H,17,21)(H,19,20). The number of aryl methyl sites for hydroxylation is 2. The van der Waals surface area contributed by atoms with E-state index in [2.05, 4.69) is 10.3 Å². The third-order valence-electron chi connectivity index (χ3n) is 2.45. The number of aliphatic carboxylic acids is 1. The fourth-order valence-electron chi connectivity index (χ4n) is 1.59. The van der Waals surface area contributed by atoms with Crippen LogP contribution in [0.3, 0.4) is 0 Å². The first-order chi connectivity index (χ1) is 9.58. The van der Waals surface area contributed by atoms with Crippen molar-refractivity contribution in [1.82, 2.24) is 9.88 Å². The van der Waals surface area contributed by atoms with Crippen LogP contribution in [0, 0.1) is 13.8 Å². The Kier molecular flexibility index (Phi) is 5.12. The number of hydrogen-bond acceptors (Lipinski definition) is 3. The predicted octanol–water partition coefficient (Wildman–Crippen LogP) is 2.18. The molecule has 0 spiro atoms.